The van der Waals surface area contributed by atoms with Gasteiger partial charge in [0.15, 0.2) is 11.5 Å². The van der Waals surface area contributed by atoms with Crippen LogP contribution in [0, 0.1) is 22.0 Å². The lowest BCUT2D eigenvalue weighted by Gasteiger charge is -2.38. The molecule has 9 heteroatoms. The van der Waals surface area contributed by atoms with Crippen LogP contribution < -0.4 is 14.4 Å². The summed E-state index contributed by atoms with van der Waals surface area (Å²) in [5.41, 5.74) is 2.80. The Balaban J connectivity index is 1.56. The van der Waals surface area contributed by atoms with Crippen LogP contribution in [0.5, 0.6) is 11.5 Å². The van der Waals surface area contributed by atoms with Gasteiger partial charge >= 0.3 is 0 Å². The molecule has 1 unspecified atom stereocenters. The lowest BCUT2D eigenvalue weighted by atomic mass is 9.82. The maximum Gasteiger partial charge on any atom is 0.274 e. The van der Waals surface area contributed by atoms with Crippen molar-refractivity contribution < 1.29 is 24.0 Å². The van der Waals surface area contributed by atoms with Crippen LogP contribution in [-0.2, 0) is 16.0 Å². The molecule has 188 valence electrons. The number of para-hydroxylation sites is 2. The third kappa shape index (κ3) is 3.34. The largest absolute Gasteiger partial charge is 0.493 e. The zero-order valence-corrected chi connectivity index (χ0v) is 20.4. The fourth-order valence-corrected chi connectivity index (χ4v) is 6.40. The molecule has 0 saturated carbocycles. The third-order valence-electron chi connectivity index (χ3n) is 7.86. The lowest BCUT2D eigenvalue weighted by Crippen LogP contribution is -2.41. The number of carbonyl (C=O) groups excluding carboxylic acids is 2. The summed E-state index contributed by atoms with van der Waals surface area (Å²) in [4.78, 5) is 43.0. The molecule has 2 fully saturated rings. The molecule has 2 saturated heterocycles. The number of nitrogens with zero attached hydrogens (tertiary/aromatic N) is 3. The first-order valence-electron chi connectivity index (χ1n) is 12.1. The Kier molecular flexibility index (Phi) is 5.45. The average Bonchev–Trinajstić information content (AvgIpc) is 3.40. The van der Waals surface area contributed by atoms with Crippen molar-refractivity contribution >= 4 is 23.2 Å². The minimum absolute atomic E-state index is 0.0524. The predicted octanol–water partition coefficient (Wildman–Crippen LogP) is 4.07. The standard InChI is InChI=1S/C28H25N3O6/c1-36-21-14-16-12-13-29-25(18-10-6-7-11-20(18)31(34)35)23-24(26(29)19(16)15-22(21)37-2)28(33)30(27(23)32)17-8-4-3-5-9-17/h3-11,14-15,23-26H,12-13H2,1-2H3/t23-,24+,25-,26?/m0/s1. The Morgan fingerprint density at radius 1 is 0.838 bits per heavy atom. The van der Waals surface area contributed by atoms with Crippen LogP contribution in [0.4, 0.5) is 11.4 Å². The Hall–Kier alpha value is -4.24. The molecule has 9 nitrogen and oxygen atoms in total. The number of carbonyl (C=O) groups is 2. The fourth-order valence-electron chi connectivity index (χ4n) is 6.40. The highest BCUT2D eigenvalue weighted by Gasteiger charge is 2.64. The second kappa shape index (κ2) is 8.70. The molecule has 37 heavy (non-hydrogen) atoms. The number of nitro groups is 1. The van der Waals surface area contributed by atoms with Gasteiger partial charge in [0.2, 0.25) is 11.8 Å². The van der Waals surface area contributed by atoms with E-state index in [0.717, 1.165) is 11.1 Å². The van der Waals surface area contributed by atoms with E-state index in [-0.39, 0.29) is 17.5 Å². The summed E-state index contributed by atoms with van der Waals surface area (Å²) >= 11 is 0. The van der Waals surface area contributed by atoms with Gasteiger partial charge in [0.1, 0.15) is 0 Å². The van der Waals surface area contributed by atoms with Gasteiger partial charge in [0.05, 0.1) is 42.7 Å². The molecule has 4 atom stereocenters. The van der Waals surface area contributed by atoms with Crippen LogP contribution in [0.2, 0.25) is 0 Å². The molecular weight excluding hydrogens is 474 g/mol. The summed E-state index contributed by atoms with van der Waals surface area (Å²) in [6.45, 7) is 0.544. The van der Waals surface area contributed by atoms with Crippen molar-refractivity contribution in [1.82, 2.24) is 4.90 Å². The van der Waals surface area contributed by atoms with Crippen molar-refractivity contribution in [3.05, 3.63) is 93.5 Å². The monoisotopic (exact) mass is 499 g/mol. The summed E-state index contributed by atoms with van der Waals surface area (Å²) in [6.07, 6.45) is 0.646. The van der Waals surface area contributed by atoms with Gasteiger partial charge < -0.3 is 9.47 Å². The van der Waals surface area contributed by atoms with E-state index in [4.69, 9.17) is 9.47 Å². The summed E-state index contributed by atoms with van der Waals surface area (Å²) in [5, 5.41) is 12.0. The molecule has 3 heterocycles. The summed E-state index contributed by atoms with van der Waals surface area (Å²) in [5.74, 6) is -0.960. The van der Waals surface area contributed by atoms with Crippen LogP contribution in [0.25, 0.3) is 0 Å². The molecule has 3 aromatic rings. The minimum atomic E-state index is -0.766. The first kappa shape index (κ1) is 23.2. The number of hydrogen-bond donors (Lipinski definition) is 0. The maximum atomic E-state index is 14.0. The van der Waals surface area contributed by atoms with E-state index in [9.17, 15) is 19.7 Å². The molecule has 2 amide bonds. The summed E-state index contributed by atoms with van der Waals surface area (Å²) in [6, 6.07) is 18.1. The van der Waals surface area contributed by atoms with E-state index in [1.54, 1.807) is 56.7 Å². The molecule has 3 aliphatic rings. The fraction of sp³-hybridized carbons (Fsp3) is 0.286. The highest BCUT2D eigenvalue weighted by Crippen LogP contribution is 2.59. The predicted molar refractivity (Wildman–Crippen MR) is 134 cm³/mol. The Bertz CT molecular complexity index is 1420. The van der Waals surface area contributed by atoms with Crippen molar-refractivity contribution in [2.45, 2.75) is 18.5 Å². The maximum absolute atomic E-state index is 14.0. The number of hydrogen-bond acceptors (Lipinski definition) is 7. The Labute approximate surface area is 213 Å². The van der Waals surface area contributed by atoms with Gasteiger partial charge in [-0.25, -0.2) is 4.90 Å². The number of imide groups is 1. The number of amides is 2. The first-order valence-corrected chi connectivity index (χ1v) is 12.1. The van der Waals surface area contributed by atoms with Crippen LogP contribution in [0.3, 0.4) is 0 Å². The molecule has 0 spiro atoms. The SMILES string of the molecule is COc1cc2c(cc1OC)C1[C@@H]3C(=O)N(c4ccccc4)C(=O)[C@@H]3[C@H](c3ccccc3[N+](=O)[O-])N1CC2. The van der Waals surface area contributed by atoms with Crippen LogP contribution >= 0.6 is 0 Å². The first-order chi connectivity index (χ1) is 18.0. The van der Waals surface area contributed by atoms with Crippen LogP contribution in [-0.4, -0.2) is 42.4 Å². The van der Waals surface area contributed by atoms with Crippen LogP contribution in [0.15, 0.2) is 66.7 Å². The lowest BCUT2D eigenvalue weighted by molar-refractivity contribution is -0.386. The van der Waals surface area contributed by atoms with E-state index in [1.165, 1.54) is 11.0 Å². The van der Waals surface area contributed by atoms with E-state index < -0.39 is 28.8 Å². The normalized spacial score (nSPS) is 24.4. The van der Waals surface area contributed by atoms with Crippen molar-refractivity contribution in [2.75, 3.05) is 25.7 Å². The third-order valence-corrected chi connectivity index (χ3v) is 7.86. The van der Waals surface area contributed by atoms with Crippen molar-refractivity contribution in [3.8, 4) is 11.5 Å². The van der Waals surface area contributed by atoms with E-state index in [1.807, 2.05) is 18.2 Å². The Morgan fingerprint density at radius 2 is 1.43 bits per heavy atom. The number of anilines is 1. The quantitative estimate of drug-likeness (QED) is 0.296. The van der Waals surface area contributed by atoms with E-state index in [2.05, 4.69) is 4.90 Å². The Morgan fingerprint density at radius 3 is 2.08 bits per heavy atom. The van der Waals surface area contributed by atoms with Gasteiger partial charge in [0.25, 0.3) is 5.69 Å². The molecule has 0 aromatic heterocycles. The molecule has 3 aromatic carbocycles. The van der Waals surface area contributed by atoms with Gasteiger partial charge in [-0.1, -0.05) is 36.4 Å². The highest BCUT2D eigenvalue weighted by molar-refractivity contribution is 6.23. The minimum Gasteiger partial charge on any atom is -0.493 e. The smallest absolute Gasteiger partial charge is 0.274 e. The number of fused-ring (bicyclic) bond motifs is 5. The molecule has 6 rings (SSSR count). The van der Waals surface area contributed by atoms with Gasteiger partial charge in [0, 0.05) is 24.2 Å². The molecule has 0 N–H and O–H groups in total. The molecule has 0 radical (unpaired) electrons. The number of methoxy groups -OCH3 is 2. The van der Waals surface area contributed by atoms with Crippen molar-refractivity contribution in [1.29, 1.82) is 0 Å². The second-order valence-corrected chi connectivity index (χ2v) is 9.50. The number of ether oxygens (including phenoxy) is 2. The van der Waals surface area contributed by atoms with Gasteiger partial charge in [-0.3, -0.25) is 24.6 Å². The number of nitro benzene ring substituents is 1. The highest BCUT2D eigenvalue weighted by atomic mass is 16.6. The molecule has 0 bridgehead atoms. The zero-order valence-electron chi connectivity index (χ0n) is 20.4. The van der Waals surface area contributed by atoms with Crippen molar-refractivity contribution in [2.24, 2.45) is 11.8 Å². The summed E-state index contributed by atoms with van der Waals surface area (Å²) in [7, 11) is 3.13. The van der Waals surface area contributed by atoms with E-state index >= 15 is 0 Å². The van der Waals surface area contributed by atoms with Crippen LogP contribution in [0.1, 0.15) is 28.8 Å². The molecule has 0 aliphatic carbocycles. The second-order valence-electron chi connectivity index (χ2n) is 9.50. The van der Waals surface area contributed by atoms with Crippen molar-refractivity contribution in [3.63, 3.8) is 0 Å². The summed E-state index contributed by atoms with van der Waals surface area (Å²) < 4.78 is 11.1. The molecular formula is C28H25N3O6. The average molecular weight is 500 g/mol. The molecule has 3 aliphatic heterocycles. The van der Waals surface area contributed by atoms with Gasteiger partial charge in [-0.2, -0.15) is 0 Å². The number of benzene rings is 3. The van der Waals surface area contributed by atoms with Gasteiger partial charge in [-0.05, 0) is 41.8 Å². The topological polar surface area (TPSA) is 102 Å². The number of rotatable bonds is 5. The van der Waals surface area contributed by atoms with E-state index in [0.29, 0.717) is 35.7 Å². The van der Waals surface area contributed by atoms with Gasteiger partial charge in [-0.15, -0.1) is 0 Å². The zero-order chi connectivity index (χ0) is 25.8.